The fourth-order valence-corrected chi connectivity index (χ4v) is 4.45. The van der Waals surface area contributed by atoms with Gasteiger partial charge in [-0.2, -0.15) is 0 Å². The summed E-state index contributed by atoms with van der Waals surface area (Å²) in [7, 11) is 0. The van der Waals surface area contributed by atoms with Gasteiger partial charge >= 0.3 is 6.09 Å². The fourth-order valence-electron chi connectivity index (χ4n) is 4.45. The van der Waals surface area contributed by atoms with Crippen molar-refractivity contribution in [1.29, 1.82) is 0 Å². The number of primary amides is 1. The lowest BCUT2D eigenvalue weighted by Crippen LogP contribution is -2.52. The van der Waals surface area contributed by atoms with Gasteiger partial charge in [0.2, 0.25) is 11.8 Å². The molecule has 3 aromatic carbocycles. The van der Waals surface area contributed by atoms with Gasteiger partial charge in [-0.05, 0) is 69.5 Å². The first-order chi connectivity index (χ1) is 18.9. The van der Waals surface area contributed by atoms with E-state index >= 15 is 0 Å². The summed E-state index contributed by atoms with van der Waals surface area (Å²) >= 11 is 0. The summed E-state index contributed by atoms with van der Waals surface area (Å²) in [6.45, 7) is 8.93. The zero-order chi connectivity index (χ0) is 29.4. The minimum absolute atomic E-state index is 0.0449. The molecule has 9 heteroatoms. The molecule has 3 rings (SSSR count). The van der Waals surface area contributed by atoms with E-state index in [0.29, 0.717) is 11.3 Å². The molecule has 0 aliphatic rings. The van der Waals surface area contributed by atoms with E-state index in [1.165, 1.54) is 4.90 Å². The molecule has 0 aliphatic carbocycles. The van der Waals surface area contributed by atoms with Gasteiger partial charge in [-0.25, -0.2) is 4.79 Å². The van der Waals surface area contributed by atoms with Crippen LogP contribution < -0.4 is 16.4 Å². The first kappa shape index (κ1) is 30.1. The maximum atomic E-state index is 13.9. The molecule has 212 valence electrons. The summed E-state index contributed by atoms with van der Waals surface area (Å²) < 4.78 is 5.34. The van der Waals surface area contributed by atoms with Gasteiger partial charge in [-0.1, -0.05) is 60.2 Å². The van der Waals surface area contributed by atoms with Crippen molar-refractivity contribution in [3.63, 3.8) is 0 Å². The monoisotopic (exact) mass is 546 g/mol. The van der Waals surface area contributed by atoms with E-state index in [9.17, 15) is 19.2 Å². The number of carbonyl (C=O) groups is 4. The summed E-state index contributed by atoms with van der Waals surface area (Å²) in [4.78, 5) is 53.4. The van der Waals surface area contributed by atoms with E-state index in [4.69, 9.17) is 10.5 Å². The Labute approximate surface area is 235 Å². The Hall–Kier alpha value is -4.40. The Balaban J connectivity index is 1.97. The van der Waals surface area contributed by atoms with Crippen molar-refractivity contribution in [1.82, 2.24) is 10.2 Å². The molecule has 40 heavy (non-hydrogen) atoms. The number of benzene rings is 3. The first-order valence-electron chi connectivity index (χ1n) is 13.3. The molecule has 9 nitrogen and oxygen atoms in total. The van der Waals surface area contributed by atoms with Crippen LogP contribution >= 0.6 is 0 Å². The van der Waals surface area contributed by atoms with Crippen molar-refractivity contribution in [3.05, 3.63) is 77.9 Å². The average Bonchev–Trinajstić information content (AvgIpc) is 2.87. The summed E-state index contributed by atoms with van der Waals surface area (Å²) in [6, 6.07) is 18.6. The molecule has 0 bridgehead atoms. The highest BCUT2D eigenvalue weighted by Gasteiger charge is 2.35. The zero-order valence-corrected chi connectivity index (χ0v) is 23.7. The Morgan fingerprint density at radius 3 is 2.27 bits per heavy atom. The van der Waals surface area contributed by atoms with E-state index in [0.717, 1.165) is 16.3 Å². The summed E-state index contributed by atoms with van der Waals surface area (Å²) in [6.07, 6.45) is -0.988. The number of rotatable bonds is 10. The number of nitrogens with two attached hydrogens (primary N) is 1. The molecule has 4 N–H and O–H groups in total. The number of alkyl carbamates (subject to hydrolysis) is 1. The van der Waals surface area contributed by atoms with E-state index in [1.54, 1.807) is 33.8 Å². The highest BCUT2D eigenvalue weighted by atomic mass is 16.6. The van der Waals surface area contributed by atoms with Crippen LogP contribution in [-0.4, -0.2) is 46.9 Å². The van der Waals surface area contributed by atoms with Crippen LogP contribution in [0.1, 0.15) is 57.7 Å². The number of ether oxygens (including phenoxy) is 1. The summed E-state index contributed by atoms with van der Waals surface area (Å²) in [5, 5.41) is 7.54. The summed E-state index contributed by atoms with van der Waals surface area (Å²) in [5.74, 6) is -1.56. The van der Waals surface area contributed by atoms with Crippen LogP contribution in [-0.2, 0) is 19.1 Å². The van der Waals surface area contributed by atoms with Crippen LogP contribution in [0.2, 0.25) is 0 Å². The third-order valence-corrected chi connectivity index (χ3v) is 6.23. The van der Waals surface area contributed by atoms with Gasteiger partial charge in [-0.15, -0.1) is 0 Å². The van der Waals surface area contributed by atoms with Crippen LogP contribution in [0.5, 0.6) is 0 Å². The van der Waals surface area contributed by atoms with Crippen molar-refractivity contribution in [2.45, 2.75) is 65.1 Å². The zero-order valence-electron chi connectivity index (χ0n) is 23.7. The highest BCUT2D eigenvalue weighted by Crippen LogP contribution is 2.27. The number of anilines is 1. The molecule has 0 saturated carbocycles. The second kappa shape index (κ2) is 13.1. The molecule has 3 aromatic rings. The third-order valence-electron chi connectivity index (χ3n) is 6.23. The number of carbonyl (C=O) groups excluding carboxylic acids is 4. The minimum Gasteiger partial charge on any atom is -0.444 e. The highest BCUT2D eigenvalue weighted by molar-refractivity contribution is 6.00. The van der Waals surface area contributed by atoms with Gasteiger partial charge < -0.3 is 26.0 Å². The standard InChI is InChI=1S/C31H38N4O5/c1-6-35(29(38)25(16-17-26(32)36)34-30(39)40-31(3,4)5)27(23-13-9-10-20(2)18-23)28(37)33-24-15-14-21-11-7-8-12-22(21)19-24/h7-15,18-19,25,27H,6,16-17H2,1-5H3,(H2,32,36)(H,33,37)(H,34,39). The topological polar surface area (TPSA) is 131 Å². The average molecular weight is 547 g/mol. The van der Waals surface area contributed by atoms with Crippen molar-refractivity contribution in [2.75, 3.05) is 11.9 Å². The SMILES string of the molecule is CCN(C(=O)C(CCC(N)=O)NC(=O)OC(C)(C)C)C(C(=O)Nc1ccc2ccccc2c1)c1cccc(C)c1. The van der Waals surface area contributed by atoms with Gasteiger partial charge in [0.1, 0.15) is 17.7 Å². The second-order valence-electron chi connectivity index (χ2n) is 10.7. The second-order valence-corrected chi connectivity index (χ2v) is 10.7. The van der Waals surface area contributed by atoms with Crippen LogP contribution in [0, 0.1) is 6.92 Å². The molecule has 0 aliphatic heterocycles. The fraction of sp³-hybridized carbons (Fsp3) is 0.355. The number of amides is 4. The molecule has 0 saturated heterocycles. The molecule has 2 unspecified atom stereocenters. The van der Waals surface area contributed by atoms with Crippen molar-refractivity contribution < 1.29 is 23.9 Å². The first-order valence-corrected chi connectivity index (χ1v) is 13.3. The number of aryl methyl sites for hydroxylation is 1. The van der Waals surface area contributed by atoms with Crippen LogP contribution in [0.3, 0.4) is 0 Å². The molecule has 4 amide bonds. The van der Waals surface area contributed by atoms with Crippen molar-refractivity contribution in [2.24, 2.45) is 5.73 Å². The normalized spacial score (nSPS) is 12.7. The van der Waals surface area contributed by atoms with Crippen molar-refractivity contribution >= 4 is 40.3 Å². The number of likely N-dealkylation sites (N-methyl/N-ethyl adjacent to an activating group) is 1. The lowest BCUT2D eigenvalue weighted by Gasteiger charge is -2.34. The lowest BCUT2D eigenvalue weighted by atomic mass is 10.00. The smallest absolute Gasteiger partial charge is 0.408 e. The lowest BCUT2D eigenvalue weighted by molar-refractivity contribution is -0.140. The van der Waals surface area contributed by atoms with Gasteiger partial charge in [-0.3, -0.25) is 14.4 Å². The molecular weight excluding hydrogens is 508 g/mol. The number of hydrogen-bond donors (Lipinski definition) is 3. The van der Waals surface area contributed by atoms with E-state index in [2.05, 4.69) is 10.6 Å². The number of hydrogen-bond acceptors (Lipinski definition) is 5. The minimum atomic E-state index is -1.14. The van der Waals surface area contributed by atoms with Gasteiger partial charge in [0.15, 0.2) is 0 Å². The van der Waals surface area contributed by atoms with Gasteiger partial charge in [0, 0.05) is 18.7 Å². The number of fused-ring (bicyclic) bond motifs is 1. The molecule has 0 aromatic heterocycles. The van der Waals surface area contributed by atoms with Crippen LogP contribution in [0.25, 0.3) is 10.8 Å². The van der Waals surface area contributed by atoms with E-state index in [-0.39, 0.29) is 19.4 Å². The largest absolute Gasteiger partial charge is 0.444 e. The van der Waals surface area contributed by atoms with Crippen molar-refractivity contribution in [3.8, 4) is 0 Å². The predicted octanol–water partition coefficient (Wildman–Crippen LogP) is 4.84. The van der Waals surface area contributed by atoms with E-state index < -0.39 is 41.5 Å². The number of nitrogens with one attached hydrogen (secondary N) is 2. The van der Waals surface area contributed by atoms with E-state index in [1.807, 2.05) is 67.6 Å². The predicted molar refractivity (Wildman–Crippen MR) is 155 cm³/mol. The molecule has 0 heterocycles. The Morgan fingerprint density at radius 2 is 1.65 bits per heavy atom. The van der Waals surface area contributed by atoms with Gasteiger partial charge in [0.25, 0.3) is 5.91 Å². The van der Waals surface area contributed by atoms with Crippen LogP contribution in [0.15, 0.2) is 66.7 Å². The Morgan fingerprint density at radius 1 is 0.950 bits per heavy atom. The molecule has 0 spiro atoms. The maximum absolute atomic E-state index is 13.9. The Bertz CT molecular complexity index is 1380. The molecule has 2 atom stereocenters. The molecular formula is C31H38N4O5. The summed E-state index contributed by atoms with van der Waals surface area (Å²) in [5.41, 5.74) is 6.67. The Kier molecular flexibility index (Phi) is 9.87. The molecule has 0 radical (unpaired) electrons. The van der Waals surface area contributed by atoms with Crippen LogP contribution in [0.4, 0.5) is 10.5 Å². The number of nitrogens with zero attached hydrogens (tertiary/aromatic N) is 1. The van der Waals surface area contributed by atoms with Gasteiger partial charge in [0.05, 0.1) is 0 Å². The quantitative estimate of drug-likeness (QED) is 0.335. The molecule has 0 fully saturated rings. The maximum Gasteiger partial charge on any atom is 0.408 e. The third kappa shape index (κ3) is 8.30.